The number of amides is 2. The number of carbonyl (C=O) groups excluding carboxylic acids is 2. The third-order valence-electron chi connectivity index (χ3n) is 3.99. The van der Waals surface area contributed by atoms with Gasteiger partial charge < -0.3 is 20.9 Å². The van der Waals surface area contributed by atoms with Gasteiger partial charge in [-0.05, 0) is 42.5 Å². The van der Waals surface area contributed by atoms with Crippen LogP contribution in [-0.2, 0) is 4.79 Å². The van der Waals surface area contributed by atoms with Gasteiger partial charge in [-0.3, -0.25) is 9.59 Å². The van der Waals surface area contributed by atoms with Crippen molar-refractivity contribution >= 4 is 40.5 Å². The molecule has 0 aliphatic carbocycles. The molecule has 2 amide bonds. The Kier molecular flexibility index (Phi) is 6.03. The van der Waals surface area contributed by atoms with Gasteiger partial charge in [-0.25, -0.2) is 9.97 Å². The number of rotatable bonds is 6. The van der Waals surface area contributed by atoms with Crippen LogP contribution in [0.5, 0.6) is 0 Å². The number of nitrogens with zero attached hydrogens (tertiary/aromatic N) is 3. The fourth-order valence-electron chi connectivity index (χ4n) is 2.56. The van der Waals surface area contributed by atoms with E-state index in [2.05, 4.69) is 25.9 Å². The van der Waals surface area contributed by atoms with Crippen LogP contribution >= 0.6 is 0 Å². The number of benzene rings is 2. The van der Waals surface area contributed by atoms with Gasteiger partial charge in [0.15, 0.2) is 0 Å². The molecule has 0 saturated carbocycles. The molecular weight excluding hydrogens is 368 g/mol. The SMILES string of the molecule is CC(=O)Nc1cccc(NC(=O)c2cnc(Nc3ccc(N(C)C)cc3)nc2)c1. The van der Waals surface area contributed by atoms with E-state index in [1.807, 2.05) is 43.3 Å². The highest BCUT2D eigenvalue weighted by molar-refractivity contribution is 6.04. The summed E-state index contributed by atoms with van der Waals surface area (Å²) in [5.74, 6) is -0.125. The van der Waals surface area contributed by atoms with Crippen LogP contribution in [0, 0.1) is 0 Å². The molecule has 29 heavy (non-hydrogen) atoms. The van der Waals surface area contributed by atoms with E-state index in [4.69, 9.17) is 0 Å². The topological polar surface area (TPSA) is 99.2 Å². The molecular formula is C21H22N6O2. The first kappa shape index (κ1) is 19.8. The largest absolute Gasteiger partial charge is 0.378 e. The van der Waals surface area contributed by atoms with Crippen LogP contribution < -0.4 is 20.9 Å². The molecule has 1 aromatic heterocycles. The Balaban J connectivity index is 1.63. The number of nitrogens with one attached hydrogen (secondary N) is 3. The first-order chi connectivity index (χ1) is 13.9. The Labute approximate surface area is 169 Å². The van der Waals surface area contributed by atoms with E-state index in [1.54, 1.807) is 24.3 Å². The predicted octanol–water partition coefficient (Wildman–Crippen LogP) is 3.50. The molecule has 0 bridgehead atoms. The van der Waals surface area contributed by atoms with Crippen molar-refractivity contribution in [1.29, 1.82) is 0 Å². The average Bonchev–Trinajstić information content (AvgIpc) is 2.68. The van der Waals surface area contributed by atoms with Gasteiger partial charge in [0.05, 0.1) is 5.56 Å². The molecule has 0 aliphatic heterocycles. The van der Waals surface area contributed by atoms with Crippen molar-refractivity contribution in [3.05, 3.63) is 66.5 Å². The van der Waals surface area contributed by atoms with Gasteiger partial charge in [-0.1, -0.05) is 6.07 Å². The second-order valence-electron chi connectivity index (χ2n) is 6.58. The summed E-state index contributed by atoms with van der Waals surface area (Å²) in [6.45, 7) is 1.43. The lowest BCUT2D eigenvalue weighted by Gasteiger charge is -2.13. The van der Waals surface area contributed by atoms with Gasteiger partial charge in [0.1, 0.15) is 0 Å². The van der Waals surface area contributed by atoms with Crippen molar-refractivity contribution in [2.75, 3.05) is 34.9 Å². The summed E-state index contributed by atoms with van der Waals surface area (Å²) in [6, 6.07) is 14.7. The fraction of sp³-hybridized carbons (Fsp3) is 0.143. The van der Waals surface area contributed by atoms with E-state index < -0.39 is 0 Å². The van der Waals surface area contributed by atoms with Crippen molar-refractivity contribution in [2.24, 2.45) is 0 Å². The summed E-state index contributed by atoms with van der Waals surface area (Å²) >= 11 is 0. The van der Waals surface area contributed by atoms with E-state index in [0.29, 0.717) is 22.9 Å². The van der Waals surface area contributed by atoms with Gasteiger partial charge >= 0.3 is 0 Å². The van der Waals surface area contributed by atoms with E-state index in [0.717, 1.165) is 11.4 Å². The minimum atomic E-state index is -0.341. The molecule has 3 rings (SSSR count). The summed E-state index contributed by atoms with van der Waals surface area (Å²) in [5, 5.41) is 8.53. The minimum absolute atomic E-state index is 0.179. The van der Waals surface area contributed by atoms with E-state index in [9.17, 15) is 9.59 Å². The lowest BCUT2D eigenvalue weighted by molar-refractivity contribution is -0.114. The Morgan fingerprint density at radius 3 is 2.07 bits per heavy atom. The summed E-state index contributed by atoms with van der Waals surface area (Å²) in [6.07, 6.45) is 2.91. The summed E-state index contributed by atoms with van der Waals surface area (Å²) in [4.78, 5) is 34.0. The third-order valence-corrected chi connectivity index (χ3v) is 3.99. The zero-order chi connectivity index (χ0) is 20.8. The van der Waals surface area contributed by atoms with Gasteiger partial charge in [0.2, 0.25) is 11.9 Å². The molecule has 148 valence electrons. The normalized spacial score (nSPS) is 10.2. The zero-order valence-corrected chi connectivity index (χ0v) is 16.4. The maximum atomic E-state index is 12.4. The molecule has 0 fully saturated rings. The van der Waals surface area contributed by atoms with Gasteiger partial charge in [0.25, 0.3) is 5.91 Å². The minimum Gasteiger partial charge on any atom is -0.378 e. The third kappa shape index (κ3) is 5.52. The van der Waals surface area contributed by atoms with Crippen molar-refractivity contribution in [1.82, 2.24) is 9.97 Å². The maximum absolute atomic E-state index is 12.4. The van der Waals surface area contributed by atoms with E-state index in [1.165, 1.54) is 19.3 Å². The van der Waals surface area contributed by atoms with Crippen molar-refractivity contribution in [3.63, 3.8) is 0 Å². The van der Waals surface area contributed by atoms with Crippen LogP contribution in [0.25, 0.3) is 0 Å². The maximum Gasteiger partial charge on any atom is 0.258 e. The predicted molar refractivity (Wildman–Crippen MR) is 115 cm³/mol. The zero-order valence-electron chi connectivity index (χ0n) is 16.4. The van der Waals surface area contributed by atoms with Crippen LogP contribution in [0.4, 0.5) is 28.7 Å². The first-order valence-electron chi connectivity index (χ1n) is 8.96. The van der Waals surface area contributed by atoms with E-state index >= 15 is 0 Å². The van der Waals surface area contributed by atoms with Crippen molar-refractivity contribution < 1.29 is 9.59 Å². The van der Waals surface area contributed by atoms with Gasteiger partial charge in [-0.15, -0.1) is 0 Å². The molecule has 8 nitrogen and oxygen atoms in total. The molecule has 0 aliphatic rings. The smallest absolute Gasteiger partial charge is 0.258 e. The van der Waals surface area contributed by atoms with Crippen LogP contribution in [0.3, 0.4) is 0 Å². The molecule has 0 atom stereocenters. The molecule has 0 unspecified atom stereocenters. The highest BCUT2D eigenvalue weighted by Gasteiger charge is 2.09. The van der Waals surface area contributed by atoms with Crippen LogP contribution in [-0.4, -0.2) is 35.9 Å². The molecule has 8 heteroatoms. The summed E-state index contributed by atoms with van der Waals surface area (Å²) < 4.78 is 0. The lowest BCUT2D eigenvalue weighted by Crippen LogP contribution is -2.13. The molecule has 0 spiro atoms. The van der Waals surface area contributed by atoms with Crippen LogP contribution in [0.2, 0.25) is 0 Å². The number of hydrogen-bond acceptors (Lipinski definition) is 6. The van der Waals surface area contributed by atoms with Crippen LogP contribution in [0.1, 0.15) is 17.3 Å². The number of anilines is 5. The quantitative estimate of drug-likeness (QED) is 0.596. The molecule has 2 aromatic carbocycles. The van der Waals surface area contributed by atoms with Crippen LogP contribution in [0.15, 0.2) is 60.9 Å². The Bertz CT molecular complexity index is 1000. The number of hydrogen-bond donors (Lipinski definition) is 3. The monoisotopic (exact) mass is 390 g/mol. The Morgan fingerprint density at radius 1 is 0.862 bits per heavy atom. The second-order valence-corrected chi connectivity index (χ2v) is 6.58. The average molecular weight is 390 g/mol. The van der Waals surface area contributed by atoms with Crippen molar-refractivity contribution in [3.8, 4) is 0 Å². The number of aromatic nitrogens is 2. The van der Waals surface area contributed by atoms with Crippen molar-refractivity contribution in [2.45, 2.75) is 6.92 Å². The van der Waals surface area contributed by atoms with Gasteiger partial charge in [0, 0.05) is 56.2 Å². The molecule has 1 heterocycles. The Hall–Kier alpha value is -3.94. The first-order valence-corrected chi connectivity index (χ1v) is 8.96. The highest BCUT2D eigenvalue weighted by Crippen LogP contribution is 2.19. The highest BCUT2D eigenvalue weighted by atomic mass is 16.2. The standard InChI is InChI=1S/C21H22N6O2/c1-14(28)24-17-5-4-6-18(11-17)25-20(29)15-12-22-21(23-13-15)26-16-7-9-19(10-8-16)27(2)3/h4-13H,1-3H3,(H,24,28)(H,25,29)(H,22,23,26). The second kappa shape index (κ2) is 8.83. The lowest BCUT2D eigenvalue weighted by atomic mass is 10.2. The molecule has 0 saturated heterocycles. The number of carbonyl (C=O) groups is 2. The fourth-order valence-corrected chi connectivity index (χ4v) is 2.56. The summed E-state index contributed by atoms with van der Waals surface area (Å²) in [7, 11) is 3.96. The Morgan fingerprint density at radius 2 is 1.48 bits per heavy atom. The van der Waals surface area contributed by atoms with E-state index in [-0.39, 0.29) is 11.8 Å². The summed E-state index contributed by atoms with van der Waals surface area (Å²) in [5.41, 5.74) is 3.42. The molecule has 3 aromatic rings. The molecule has 0 radical (unpaired) electrons. The van der Waals surface area contributed by atoms with Gasteiger partial charge in [-0.2, -0.15) is 0 Å². The molecule has 3 N–H and O–H groups in total.